The molecule has 0 spiro atoms. The molecule has 116 valence electrons. The zero-order valence-corrected chi connectivity index (χ0v) is 12.5. The van der Waals surface area contributed by atoms with E-state index in [4.69, 9.17) is 0 Å². The highest BCUT2D eigenvalue weighted by molar-refractivity contribution is 6.00. The number of aliphatic hydroxyl groups excluding tert-OH is 1. The molecule has 0 radical (unpaired) electrons. The molecule has 22 heavy (non-hydrogen) atoms. The fourth-order valence-corrected chi connectivity index (χ4v) is 3.49. The molecule has 0 aromatic carbocycles. The van der Waals surface area contributed by atoms with Gasteiger partial charge in [0.1, 0.15) is 5.65 Å². The summed E-state index contributed by atoms with van der Waals surface area (Å²) in [5, 5.41) is 13.9. The Labute approximate surface area is 128 Å². The van der Waals surface area contributed by atoms with Gasteiger partial charge < -0.3 is 15.0 Å². The van der Waals surface area contributed by atoms with Gasteiger partial charge in [-0.25, -0.2) is 4.98 Å². The summed E-state index contributed by atoms with van der Waals surface area (Å²) in [4.78, 5) is 21.0. The van der Waals surface area contributed by atoms with Gasteiger partial charge in [-0.1, -0.05) is 0 Å². The van der Waals surface area contributed by atoms with Gasteiger partial charge in [-0.15, -0.1) is 0 Å². The van der Waals surface area contributed by atoms with Crippen molar-refractivity contribution in [2.75, 3.05) is 5.32 Å². The van der Waals surface area contributed by atoms with Crippen LogP contribution in [0.5, 0.6) is 0 Å². The van der Waals surface area contributed by atoms with Gasteiger partial charge in [-0.05, 0) is 38.2 Å². The maximum absolute atomic E-state index is 12.0. The lowest BCUT2D eigenvalue weighted by Crippen LogP contribution is -2.29. The molecule has 1 aliphatic carbocycles. The Balaban J connectivity index is 1.62. The van der Waals surface area contributed by atoms with E-state index in [1.807, 2.05) is 10.6 Å². The molecule has 0 bridgehead atoms. The molecule has 2 N–H and O–H groups in total. The third kappa shape index (κ3) is 2.37. The monoisotopic (exact) mass is 300 g/mol. The van der Waals surface area contributed by atoms with E-state index in [1.165, 1.54) is 0 Å². The molecule has 0 amide bonds. The maximum Gasteiger partial charge on any atom is 0.224 e. The summed E-state index contributed by atoms with van der Waals surface area (Å²) in [5.74, 6) is 0.813. The molecule has 1 saturated carbocycles. The third-order valence-electron chi connectivity index (χ3n) is 4.74. The number of hydrogen-bond acceptors (Lipinski definition) is 5. The molecule has 1 fully saturated rings. The fourth-order valence-electron chi connectivity index (χ4n) is 3.49. The van der Waals surface area contributed by atoms with E-state index in [2.05, 4.69) is 15.3 Å². The van der Waals surface area contributed by atoms with E-state index in [-0.39, 0.29) is 11.9 Å². The lowest BCUT2D eigenvalue weighted by atomic mass is 9.93. The van der Waals surface area contributed by atoms with Gasteiger partial charge in [0.25, 0.3) is 0 Å². The third-order valence-corrected chi connectivity index (χ3v) is 4.74. The van der Waals surface area contributed by atoms with E-state index < -0.39 is 0 Å². The summed E-state index contributed by atoms with van der Waals surface area (Å²) >= 11 is 0. The fraction of sp³-hybridized carbons (Fsp3) is 0.562. The van der Waals surface area contributed by atoms with Crippen molar-refractivity contribution in [2.24, 2.45) is 0 Å². The van der Waals surface area contributed by atoms with Gasteiger partial charge in [0, 0.05) is 30.6 Å². The highest BCUT2D eigenvalue weighted by Gasteiger charge is 2.22. The van der Waals surface area contributed by atoms with Crippen molar-refractivity contribution in [2.45, 2.75) is 57.2 Å². The summed E-state index contributed by atoms with van der Waals surface area (Å²) in [6, 6.07) is 2.22. The Hall–Kier alpha value is -1.95. The quantitative estimate of drug-likeness (QED) is 0.888. The summed E-state index contributed by atoms with van der Waals surface area (Å²) < 4.78 is 2.01. The molecular formula is C16H20N4O2. The van der Waals surface area contributed by atoms with Crippen LogP contribution in [0.15, 0.2) is 12.3 Å². The van der Waals surface area contributed by atoms with Crippen LogP contribution >= 0.6 is 0 Å². The van der Waals surface area contributed by atoms with Gasteiger partial charge in [0.05, 0.1) is 11.8 Å². The first-order valence-electron chi connectivity index (χ1n) is 8.05. The number of aromatic nitrogens is 3. The van der Waals surface area contributed by atoms with Crippen LogP contribution in [-0.2, 0) is 6.54 Å². The molecule has 0 saturated heterocycles. The number of aliphatic hydroxyl groups is 1. The van der Waals surface area contributed by atoms with E-state index >= 15 is 0 Å². The highest BCUT2D eigenvalue weighted by Crippen LogP contribution is 2.25. The second kappa shape index (κ2) is 5.35. The molecule has 6 heteroatoms. The van der Waals surface area contributed by atoms with E-state index in [9.17, 15) is 9.90 Å². The molecule has 3 heterocycles. The predicted molar refractivity (Wildman–Crippen MR) is 83.0 cm³/mol. The maximum atomic E-state index is 12.0. The Morgan fingerprint density at radius 3 is 2.91 bits per heavy atom. The van der Waals surface area contributed by atoms with Crippen LogP contribution in [0.4, 0.5) is 5.95 Å². The summed E-state index contributed by atoms with van der Waals surface area (Å²) in [5.41, 5.74) is 1.60. The van der Waals surface area contributed by atoms with Crippen molar-refractivity contribution < 1.29 is 9.90 Å². The molecule has 0 unspecified atom stereocenters. The van der Waals surface area contributed by atoms with Crippen molar-refractivity contribution in [3.63, 3.8) is 0 Å². The number of nitrogens with zero attached hydrogens (tertiary/aromatic N) is 3. The minimum Gasteiger partial charge on any atom is -0.393 e. The van der Waals surface area contributed by atoms with E-state index in [0.717, 1.165) is 55.4 Å². The van der Waals surface area contributed by atoms with Crippen LogP contribution in [0.3, 0.4) is 0 Å². The van der Waals surface area contributed by atoms with Crippen molar-refractivity contribution in [1.82, 2.24) is 14.5 Å². The summed E-state index contributed by atoms with van der Waals surface area (Å²) in [7, 11) is 0. The van der Waals surface area contributed by atoms with E-state index in [1.54, 1.807) is 6.20 Å². The number of carbonyl (C=O) groups excluding carboxylic acids is 1. The zero-order valence-electron chi connectivity index (χ0n) is 12.5. The van der Waals surface area contributed by atoms with Crippen LogP contribution < -0.4 is 5.32 Å². The number of anilines is 1. The van der Waals surface area contributed by atoms with Crippen molar-refractivity contribution >= 4 is 22.8 Å². The summed E-state index contributed by atoms with van der Waals surface area (Å²) in [6.07, 6.45) is 6.67. The zero-order chi connectivity index (χ0) is 15.1. The van der Waals surface area contributed by atoms with Gasteiger partial charge in [0.15, 0.2) is 5.78 Å². The largest absolute Gasteiger partial charge is 0.393 e. The molecule has 2 aromatic rings. The van der Waals surface area contributed by atoms with Gasteiger partial charge in [-0.2, -0.15) is 4.98 Å². The lowest BCUT2D eigenvalue weighted by Gasteiger charge is -2.26. The van der Waals surface area contributed by atoms with Crippen LogP contribution in [0.2, 0.25) is 0 Å². The molecular weight excluding hydrogens is 280 g/mol. The predicted octanol–water partition coefficient (Wildman–Crippen LogP) is 2.12. The van der Waals surface area contributed by atoms with E-state index in [0.29, 0.717) is 18.4 Å². The second-order valence-corrected chi connectivity index (χ2v) is 6.33. The molecule has 1 aliphatic heterocycles. The first kappa shape index (κ1) is 13.7. The Bertz CT molecular complexity index is 716. The number of ketones is 1. The minimum absolute atomic E-state index is 0.162. The van der Waals surface area contributed by atoms with Gasteiger partial charge in [-0.3, -0.25) is 4.79 Å². The number of rotatable bonds is 2. The Kier molecular flexibility index (Phi) is 3.33. The van der Waals surface area contributed by atoms with Crippen LogP contribution in [0, 0.1) is 0 Å². The molecule has 6 nitrogen and oxygen atoms in total. The molecule has 4 rings (SSSR count). The topological polar surface area (TPSA) is 80.0 Å². The van der Waals surface area contributed by atoms with Crippen LogP contribution in [0.1, 0.15) is 49.0 Å². The van der Waals surface area contributed by atoms with Crippen molar-refractivity contribution in [3.8, 4) is 0 Å². The summed E-state index contributed by atoms with van der Waals surface area (Å²) in [6.45, 7) is 0.844. The van der Waals surface area contributed by atoms with Crippen LogP contribution in [0.25, 0.3) is 11.0 Å². The highest BCUT2D eigenvalue weighted by atomic mass is 16.3. The van der Waals surface area contributed by atoms with Gasteiger partial charge in [0.2, 0.25) is 5.95 Å². The van der Waals surface area contributed by atoms with Crippen molar-refractivity contribution in [3.05, 3.63) is 18.0 Å². The average molecular weight is 300 g/mol. The Morgan fingerprint density at radius 1 is 1.27 bits per heavy atom. The number of nitrogens with one attached hydrogen (secondary N) is 1. The molecule has 2 aromatic heterocycles. The number of aryl methyl sites for hydroxylation is 1. The first-order chi connectivity index (χ1) is 10.7. The van der Waals surface area contributed by atoms with Crippen molar-refractivity contribution in [1.29, 1.82) is 0 Å². The lowest BCUT2D eigenvalue weighted by molar-refractivity contribution is 0.0956. The van der Waals surface area contributed by atoms with Crippen LogP contribution in [-0.4, -0.2) is 37.6 Å². The SMILES string of the molecule is O=C1CCCn2c1cc1cnc(N[C@H]3CC[C@H](O)CC3)nc12. The minimum atomic E-state index is -0.162. The normalized spacial score (nSPS) is 25.2. The standard InChI is InChI=1S/C16H20N4O2/c21-12-5-3-11(4-6-12)18-16-17-9-10-8-13-14(22)2-1-7-20(13)15(10)19-16/h8-9,11-12,21H,1-7H2,(H,17,18,19)/t11-,12-. The number of carbonyl (C=O) groups is 1. The Morgan fingerprint density at radius 2 is 2.09 bits per heavy atom. The average Bonchev–Trinajstić information content (AvgIpc) is 2.89. The van der Waals surface area contributed by atoms with Gasteiger partial charge >= 0.3 is 0 Å². The molecule has 0 atom stereocenters. The molecule has 2 aliphatic rings. The number of Topliss-reactive ketones (excluding diaryl/α,β-unsaturated/α-hetero) is 1. The first-order valence-corrected chi connectivity index (χ1v) is 8.05. The smallest absolute Gasteiger partial charge is 0.224 e. The number of hydrogen-bond donors (Lipinski definition) is 2. The second-order valence-electron chi connectivity index (χ2n) is 6.33. The number of fused-ring (bicyclic) bond motifs is 3.